The minimum Gasteiger partial charge on any atom is -0.336 e. The minimum atomic E-state index is -0.351. The predicted octanol–water partition coefficient (Wildman–Crippen LogP) is 4.44. The lowest BCUT2D eigenvalue weighted by Crippen LogP contribution is -2.15. The topological polar surface area (TPSA) is 99.8 Å². The van der Waals surface area contributed by atoms with Crippen LogP contribution in [0, 0.1) is 13.8 Å². The summed E-state index contributed by atoms with van der Waals surface area (Å²) in [6.07, 6.45) is 1.64. The number of rotatable bonds is 5. The fourth-order valence-corrected chi connectivity index (χ4v) is 3.16. The van der Waals surface area contributed by atoms with Crippen LogP contribution < -0.4 is 16.2 Å². The highest BCUT2D eigenvalue weighted by Crippen LogP contribution is 2.28. The van der Waals surface area contributed by atoms with Crippen LogP contribution >= 0.6 is 0 Å². The average molecular weight is 411 g/mol. The Kier molecular flexibility index (Phi) is 5.57. The van der Waals surface area contributed by atoms with Gasteiger partial charge in [-0.25, -0.2) is 10.1 Å². The van der Waals surface area contributed by atoms with E-state index in [-0.39, 0.29) is 11.5 Å². The van der Waals surface area contributed by atoms with Crippen LogP contribution in [-0.2, 0) is 0 Å². The Bertz CT molecular complexity index is 1280. The number of nitrogens with one attached hydrogen (secondary N) is 3. The van der Waals surface area contributed by atoms with Crippen LogP contribution in [0.3, 0.4) is 0 Å². The monoisotopic (exact) mass is 411 g/mol. The molecule has 0 atom stereocenters. The van der Waals surface area contributed by atoms with Gasteiger partial charge in [0.15, 0.2) is 0 Å². The highest BCUT2D eigenvalue weighted by molar-refractivity contribution is 6.05. The first-order chi connectivity index (χ1) is 15.0. The van der Waals surface area contributed by atoms with E-state index in [2.05, 4.69) is 25.8 Å². The Hall–Kier alpha value is -4.26. The molecule has 4 rings (SSSR count). The lowest BCUT2D eigenvalue weighted by molar-refractivity contribution is 0.102. The molecule has 1 amide bonds. The van der Waals surface area contributed by atoms with Crippen LogP contribution in [0.4, 0.5) is 17.2 Å². The number of carbonyl (C=O) groups is 1. The Morgan fingerprint density at radius 1 is 0.935 bits per heavy atom. The first kappa shape index (κ1) is 20.0. The minimum absolute atomic E-state index is 0.188. The second-order valence-electron chi connectivity index (χ2n) is 7.13. The summed E-state index contributed by atoms with van der Waals surface area (Å²) in [6, 6.07) is 20.0. The van der Waals surface area contributed by atoms with E-state index in [1.54, 1.807) is 36.5 Å². The van der Waals surface area contributed by atoms with Crippen LogP contribution in [0.5, 0.6) is 0 Å². The second-order valence-corrected chi connectivity index (χ2v) is 7.13. The fourth-order valence-electron chi connectivity index (χ4n) is 3.16. The van der Waals surface area contributed by atoms with Crippen molar-refractivity contribution in [1.29, 1.82) is 0 Å². The van der Waals surface area contributed by atoms with Crippen molar-refractivity contribution in [2.45, 2.75) is 13.8 Å². The molecule has 0 aliphatic rings. The van der Waals surface area contributed by atoms with E-state index < -0.39 is 0 Å². The molecule has 0 saturated carbocycles. The number of hydrogen-bond donors (Lipinski definition) is 3. The number of aromatic amines is 1. The van der Waals surface area contributed by atoms with Crippen LogP contribution in [0.1, 0.15) is 21.5 Å². The summed E-state index contributed by atoms with van der Waals surface area (Å²) in [5.74, 6) is 0.369. The molecular weight excluding hydrogens is 390 g/mol. The Labute approximate surface area is 179 Å². The number of pyridine rings is 1. The van der Waals surface area contributed by atoms with Crippen molar-refractivity contribution in [2.75, 3.05) is 10.6 Å². The molecule has 31 heavy (non-hydrogen) atoms. The molecule has 0 aliphatic heterocycles. The molecule has 0 spiro atoms. The SMILES string of the molecule is Cc1ccc(C(=O)Nc2cccc(-c3cc(Nc4ccccn4)c(=O)[nH]n3)c2C)cc1. The van der Waals surface area contributed by atoms with Gasteiger partial charge in [-0.2, -0.15) is 5.10 Å². The molecule has 0 unspecified atom stereocenters. The quantitative estimate of drug-likeness (QED) is 0.451. The number of anilines is 3. The van der Waals surface area contributed by atoms with E-state index in [9.17, 15) is 9.59 Å². The number of amides is 1. The third kappa shape index (κ3) is 4.51. The lowest BCUT2D eigenvalue weighted by Gasteiger charge is -2.13. The van der Waals surface area contributed by atoms with Gasteiger partial charge in [0.2, 0.25) is 0 Å². The molecule has 154 valence electrons. The molecule has 2 aromatic carbocycles. The molecule has 4 aromatic rings. The number of benzene rings is 2. The summed E-state index contributed by atoms with van der Waals surface area (Å²) in [6.45, 7) is 3.88. The van der Waals surface area contributed by atoms with Crippen molar-refractivity contribution in [3.8, 4) is 11.3 Å². The summed E-state index contributed by atoms with van der Waals surface area (Å²) in [4.78, 5) is 29.0. The van der Waals surface area contributed by atoms with Crippen molar-refractivity contribution in [2.24, 2.45) is 0 Å². The molecule has 0 fully saturated rings. The van der Waals surface area contributed by atoms with Crippen LogP contribution in [0.2, 0.25) is 0 Å². The molecule has 0 aliphatic carbocycles. The molecular formula is C24H21N5O2. The first-order valence-corrected chi connectivity index (χ1v) is 9.77. The Morgan fingerprint density at radius 2 is 1.74 bits per heavy atom. The van der Waals surface area contributed by atoms with Gasteiger partial charge in [0, 0.05) is 23.0 Å². The summed E-state index contributed by atoms with van der Waals surface area (Å²) >= 11 is 0. The largest absolute Gasteiger partial charge is 0.336 e. The first-order valence-electron chi connectivity index (χ1n) is 9.77. The maximum absolute atomic E-state index is 12.6. The summed E-state index contributed by atoms with van der Waals surface area (Å²) in [5, 5.41) is 12.7. The molecule has 7 nitrogen and oxygen atoms in total. The van der Waals surface area contributed by atoms with Gasteiger partial charge in [0.25, 0.3) is 11.5 Å². The van der Waals surface area contributed by atoms with E-state index in [1.165, 1.54) is 0 Å². The van der Waals surface area contributed by atoms with Gasteiger partial charge in [-0.1, -0.05) is 35.9 Å². The third-order valence-electron chi connectivity index (χ3n) is 4.90. The van der Waals surface area contributed by atoms with Crippen molar-refractivity contribution < 1.29 is 4.79 Å². The molecule has 2 aromatic heterocycles. The van der Waals surface area contributed by atoms with Gasteiger partial charge in [-0.05, 0) is 55.8 Å². The molecule has 0 saturated heterocycles. The zero-order valence-electron chi connectivity index (χ0n) is 17.1. The van der Waals surface area contributed by atoms with Crippen LogP contribution in [0.25, 0.3) is 11.3 Å². The number of H-pyrrole nitrogens is 1. The summed E-state index contributed by atoms with van der Waals surface area (Å²) < 4.78 is 0. The summed E-state index contributed by atoms with van der Waals surface area (Å²) in [7, 11) is 0. The summed E-state index contributed by atoms with van der Waals surface area (Å²) in [5.41, 5.74) is 4.53. The number of nitrogens with zero attached hydrogens (tertiary/aromatic N) is 2. The molecule has 0 bridgehead atoms. The Morgan fingerprint density at radius 3 is 2.48 bits per heavy atom. The molecule has 7 heteroatoms. The van der Waals surface area contributed by atoms with Crippen molar-refractivity contribution in [3.05, 3.63) is 100.0 Å². The predicted molar refractivity (Wildman–Crippen MR) is 122 cm³/mol. The number of aromatic nitrogens is 3. The third-order valence-corrected chi connectivity index (χ3v) is 4.90. The van der Waals surface area contributed by atoms with Gasteiger partial charge in [0.1, 0.15) is 11.5 Å². The van der Waals surface area contributed by atoms with E-state index in [0.29, 0.717) is 28.5 Å². The molecule has 2 heterocycles. The van der Waals surface area contributed by atoms with Crippen molar-refractivity contribution >= 4 is 23.1 Å². The zero-order valence-corrected chi connectivity index (χ0v) is 17.1. The van der Waals surface area contributed by atoms with E-state index in [1.807, 2.05) is 50.2 Å². The van der Waals surface area contributed by atoms with E-state index in [4.69, 9.17) is 0 Å². The average Bonchev–Trinajstić information content (AvgIpc) is 2.78. The van der Waals surface area contributed by atoms with Crippen molar-refractivity contribution in [1.82, 2.24) is 15.2 Å². The van der Waals surface area contributed by atoms with Gasteiger partial charge >= 0.3 is 0 Å². The van der Waals surface area contributed by atoms with Crippen molar-refractivity contribution in [3.63, 3.8) is 0 Å². The maximum atomic E-state index is 12.6. The van der Waals surface area contributed by atoms with Gasteiger partial charge in [0.05, 0.1) is 5.69 Å². The molecule has 0 radical (unpaired) electrons. The van der Waals surface area contributed by atoms with Crippen LogP contribution in [0.15, 0.2) is 77.7 Å². The van der Waals surface area contributed by atoms with Gasteiger partial charge in [-0.15, -0.1) is 0 Å². The molecule has 3 N–H and O–H groups in total. The highest BCUT2D eigenvalue weighted by Gasteiger charge is 2.13. The zero-order chi connectivity index (χ0) is 21.8. The van der Waals surface area contributed by atoms with Crippen LogP contribution in [-0.4, -0.2) is 21.1 Å². The highest BCUT2D eigenvalue weighted by atomic mass is 16.1. The normalized spacial score (nSPS) is 10.5. The number of carbonyl (C=O) groups excluding carboxylic acids is 1. The maximum Gasteiger partial charge on any atom is 0.287 e. The lowest BCUT2D eigenvalue weighted by atomic mass is 10.0. The van der Waals surface area contributed by atoms with Gasteiger partial charge < -0.3 is 10.6 Å². The van der Waals surface area contributed by atoms with E-state index >= 15 is 0 Å². The standard InChI is InChI=1S/C24H21N5O2/c1-15-9-11-17(12-10-15)23(30)27-19-7-5-6-18(16(19)2)20-14-21(24(31)29-28-20)26-22-8-3-4-13-25-22/h3-14H,1-2H3,(H,27,30)(H,29,31)(H,25,26,28). The number of aryl methyl sites for hydroxylation is 1. The fraction of sp³-hybridized carbons (Fsp3) is 0.0833. The van der Waals surface area contributed by atoms with Gasteiger partial charge in [-0.3, -0.25) is 9.59 Å². The van der Waals surface area contributed by atoms with E-state index in [0.717, 1.165) is 16.7 Å². The smallest absolute Gasteiger partial charge is 0.287 e. The Balaban J connectivity index is 1.63. The second kappa shape index (κ2) is 8.62. The number of hydrogen-bond acceptors (Lipinski definition) is 5.